The van der Waals surface area contributed by atoms with Crippen LogP contribution < -0.4 is 0 Å². The van der Waals surface area contributed by atoms with Gasteiger partial charge in [0.05, 0.1) is 17.2 Å². The molecule has 1 aliphatic carbocycles. The first-order chi connectivity index (χ1) is 8.18. The fourth-order valence-corrected chi connectivity index (χ4v) is 2.75. The van der Waals surface area contributed by atoms with E-state index in [2.05, 4.69) is 23.0 Å². The smallest absolute Gasteiger partial charge is 0.115 e. The molecule has 0 aromatic carbocycles. The van der Waals surface area contributed by atoms with Crippen LogP contribution >= 0.6 is 0 Å². The summed E-state index contributed by atoms with van der Waals surface area (Å²) in [7, 11) is 0. The maximum atomic E-state index is 10.4. The van der Waals surface area contributed by atoms with Crippen LogP contribution in [-0.4, -0.2) is 15.1 Å². The Bertz CT molecular complexity index is 414. The number of nitriles is 1. The van der Waals surface area contributed by atoms with Crippen LogP contribution in [0.15, 0.2) is 18.6 Å². The molecule has 90 valence electrons. The van der Waals surface area contributed by atoms with Gasteiger partial charge in [-0.25, -0.2) is 9.97 Å². The molecule has 4 heteroatoms. The number of aliphatic hydroxyl groups excluding tert-OH is 1. The molecule has 1 heterocycles. The van der Waals surface area contributed by atoms with E-state index in [1.54, 1.807) is 12.3 Å². The average molecular weight is 231 g/mol. The molecule has 0 amide bonds. The van der Waals surface area contributed by atoms with Gasteiger partial charge in [-0.3, -0.25) is 0 Å². The molecule has 1 fully saturated rings. The van der Waals surface area contributed by atoms with Crippen molar-refractivity contribution in [3.8, 4) is 6.07 Å². The summed E-state index contributed by atoms with van der Waals surface area (Å²) in [5.41, 5.74) is -0.123. The van der Waals surface area contributed by atoms with Crippen molar-refractivity contribution in [1.82, 2.24) is 9.97 Å². The largest absolute Gasteiger partial charge is 0.385 e. The van der Waals surface area contributed by atoms with E-state index >= 15 is 0 Å². The van der Waals surface area contributed by atoms with Gasteiger partial charge in [-0.2, -0.15) is 5.26 Å². The highest BCUT2D eigenvalue weighted by molar-refractivity contribution is 5.15. The van der Waals surface area contributed by atoms with Crippen molar-refractivity contribution in [1.29, 1.82) is 5.26 Å². The van der Waals surface area contributed by atoms with Crippen molar-refractivity contribution in [3.05, 3.63) is 24.3 Å². The quantitative estimate of drug-likeness (QED) is 0.847. The van der Waals surface area contributed by atoms with Gasteiger partial charge in [-0.15, -0.1) is 0 Å². The third kappa shape index (κ3) is 2.29. The zero-order valence-corrected chi connectivity index (χ0v) is 10.0. The third-order valence-corrected chi connectivity index (χ3v) is 3.66. The van der Waals surface area contributed by atoms with Crippen molar-refractivity contribution in [2.45, 2.75) is 38.7 Å². The fraction of sp³-hybridized carbons (Fsp3) is 0.615. The summed E-state index contributed by atoms with van der Waals surface area (Å²) in [6, 6.07) is 4.02. The number of rotatable bonds is 2. The molecule has 0 saturated heterocycles. The SMILES string of the molecule is CC1CCCC(C#N)(C(O)c2ccncn2)C1. The van der Waals surface area contributed by atoms with Gasteiger partial charge in [-0.05, 0) is 24.8 Å². The maximum absolute atomic E-state index is 10.4. The second kappa shape index (κ2) is 4.80. The second-order valence-corrected chi connectivity index (χ2v) is 5.01. The minimum atomic E-state index is -0.807. The molecule has 17 heavy (non-hydrogen) atoms. The minimum absolute atomic E-state index is 0.486. The van der Waals surface area contributed by atoms with Gasteiger partial charge in [0.2, 0.25) is 0 Å². The summed E-state index contributed by atoms with van der Waals surface area (Å²) < 4.78 is 0. The van der Waals surface area contributed by atoms with Crippen molar-refractivity contribution < 1.29 is 5.11 Å². The molecular weight excluding hydrogens is 214 g/mol. The highest BCUT2D eigenvalue weighted by Crippen LogP contribution is 2.46. The van der Waals surface area contributed by atoms with E-state index in [0.717, 1.165) is 25.7 Å². The Morgan fingerprint density at radius 2 is 2.47 bits per heavy atom. The van der Waals surface area contributed by atoms with Crippen molar-refractivity contribution in [2.75, 3.05) is 0 Å². The molecule has 0 spiro atoms. The molecule has 0 aliphatic heterocycles. The number of hydrogen-bond donors (Lipinski definition) is 1. The first-order valence-corrected chi connectivity index (χ1v) is 6.03. The summed E-state index contributed by atoms with van der Waals surface area (Å²) in [6.07, 6.45) is 5.83. The minimum Gasteiger partial charge on any atom is -0.385 e. The van der Waals surface area contributed by atoms with E-state index in [-0.39, 0.29) is 0 Å². The molecule has 1 N–H and O–H groups in total. The van der Waals surface area contributed by atoms with Gasteiger partial charge < -0.3 is 5.11 Å². The Hall–Kier alpha value is -1.47. The second-order valence-electron chi connectivity index (χ2n) is 5.01. The van der Waals surface area contributed by atoms with Gasteiger partial charge in [0.1, 0.15) is 12.4 Å². The van der Waals surface area contributed by atoms with Crippen LogP contribution in [-0.2, 0) is 0 Å². The highest BCUT2D eigenvalue weighted by Gasteiger charge is 2.42. The fourth-order valence-electron chi connectivity index (χ4n) is 2.75. The lowest BCUT2D eigenvalue weighted by molar-refractivity contribution is 0.0189. The topological polar surface area (TPSA) is 69.8 Å². The zero-order chi connectivity index (χ0) is 12.3. The van der Waals surface area contributed by atoms with Crippen LogP contribution in [0.1, 0.15) is 44.4 Å². The van der Waals surface area contributed by atoms with Crippen LogP contribution in [0.5, 0.6) is 0 Å². The van der Waals surface area contributed by atoms with Crippen molar-refractivity contribution in [2.24, 2.45) is 11.3 Å². The Labute approximate surface area is 101 Å². The number of aromatic nitrogens is 2. The van der Waals surface area contributed by atoms with E-state index in [1.165, 1.54) is 6.33 Å². The number of aliphatic hydroxyl groups is 1. The molecule has 0 bridgehead atoms. The molecule has 3 unspecified atom stereocenters. The van der Waals surface area contributed by atoms with Gasteiger partial charge in [0, 0.05) is 6.20 Å². The van der Waals surface area contributed by atoms with E-state index in [1.807, 2.05) is 0 Å². The van der Waals surface area contributed by atoms with Gasteiger partial charge in [-0.1, -0.05) is 19.8 Å². The van der Waals surface area contributed by atoms with Crippen LogP contribution in [0.3, 0.4) is 0 Å². The lowest BCUT2D eigenvalue weighted by atomic mass is 9.67. The van der Waals surface area contributed by atoms with Crippen LogP contribution in [0.4, 0.5) is 0 Å². The molecular formula is C13H17N3O. The van der Waals surface area contributed by atoms with Crippen LogP contribution in [0.25, 0.3) is 0 Å². The Balaban J connectivity index is 2.27. The lowest BCUT2D eigenvalue weighted by Gasteiger charge is -2.37. The maximum Gasteiger partial charge on any atom is 0.115 e. The van der Waals surface area contributed by atoms with Gasteiger partial charge in [0.25, 0.3) is 0 Å². The number of hydrogen-bond acceptors (Lipinski definition) is 4. The monoisotopic (exact) mass is 231 g/mol. The van der Waals surface area contributed by atoms with E-state index < -0.39 is 11.5 Å². The molecule has 1 saturated carbocycles. The summed E-state index contributed by atoms with van der Waals surface area (Å²) in [4.78, 5) is 7.89. The van der Waals surface area contributed by atoms with Crippen molar-refractivity contribution in [3.63, 3.8) is 0 Å². The lowest BCUT2D eigenvalue weighted by Crippen LogP contribution is -2.33. The number of nitrogens with zero attached hydrogens (tertiary/aromatic N) is 3. The molecule has 4 nitrogen and oxygen atoms in total. The van der Waals surface area contributed by atoms with E-state index in [0.29, 0.717) is 11.6 Å². The normalized spacial score (nSPS) is 30.5. The van der Waals surface area contributed by atoms with E-state index in [4.69, 9.17) is 0 Å². The molecule has 1 aromatic rings. The first kappa shape index (κ1) is 12.0. The summed E-state index contributed by atoms with van der Waals surface area (Å²) in [5.74, 6) is 0.486. The zero-order valence-electron chi connectivity index (χ0n) is 10.0. The summed E-state index contributed by atoms with van der Waals surface area (Å²) in [6.45, 7) is 2.14. The van der Waals surface area contributed by atoms with Gasteiger partial charge in [0.15, 0.2) is 0 Å². The molecule has 0 radical (unpaired) electrons. The average Bonchev–Trinajstić information content (AvgIpc) is 2.38. The third-order valence-electron chi connectivity index (χ3n) is 3.66. The predicted molar refractivity (Wildman–Crippen MR) is 62.7 cm³/mol. The Kier molecular flexibility index (Phi) is 3.39. The Morgan fingerprint density at radius 1 is 1.65 bits per heavy atom. The first-order valence-electron chi connectivity index (χ1n) is 6.03. The standard InChI is InChI=1S/C13H17N3O/c1-10-3-2-5-13(7-10,8-14)12(17)11-4-6-15-9-16-11/h4,6,9-10,12,17H,2-3,5,7H2,1H3. The van der Waals surface area contributed by atoms with Crippen molar-refractivity contribution >= 4 is 0 Å². The molecule has 1 aromatic heterocycles. The Morgan fingerprint density at radius 3 is 3.06 bits per heavy atom. The van der Waals surface area contributed by atoms with Crippen LogP contribution in [0, 0.1) is 22.7 Å². The molecule has 2 rings (SSSR count). The highest BCUT2D eigenvalue weighted by atomic mass is 16.3. The summed E-state index contributed by atoms with van der Waals surface area (Å²) in [5, 5.41) is 19.8. The van der Waals surface area contributed by atoms with E-state index in [9.17, 15) is 10.4 Å². The molecule has 3 atom stereocenters. The van der Waals surface area contributed by atoms with Gasteiger partial charge >= 0.3 is 0 Å². The summed E-state index contributed by atoms with van der Waals surface area (Å²) >= 11 is 0. The predicted octanol–water partition coefficient (Wildman–Crippen LogP) is 2.23. The molecule has 1 aliphatic rings. The van der Waals surface area contributed by atoms with Crippen LogP contribution in [0.2, 0.25) is 0 Å².